The molecule has 0 spiro atoms. The van der Waals surface area contributed by atoms with Gasteiger partial charge in [-0.1, -0.05) is 41.4 Å². The van der Waals surface area contributed by atoms with Crippen LogP contribution in [0.4, 0.5) is 5.69 Å². The summed E-state index contributed by atoms with van der Waals surface area (Å²) in [5, 5.41) is 16.6. The van der Waals surface area contributed by atoms with Crippen molar-refractivity contribution in [1.82, 2.24) is 9.78 Å². The zero-order valence-electron chi connectivity index (χ0n) is 14.9. The summed E-state index contributed by atoms with van der Waals surface area (Å²) >= 11 is 11.8. The Labute approximate surface area is 177 Å². The molecule has 2 aromatic carbocycles. The van der Waals surface area contributed by atoms with Crippen molar-refractivity contribution in [3.8, 4) is 11.8 Å². The minimum atomic E-state index is -1.51. The molecule has 0 aliphatic rings. The van der Waals surface area contributed by atoms with Gasteiger partial charge in [-0.05, 0) is 42.5 Å². The predicted octanol–water partition coefficient (Wildman–Crippen LogP) is 4.54. The highest BCUT2D eigenvalue weighted by Crippen LogP contribution is 2.25. The third-order valence-electron chi connectivity index (χ3n) is 3.93. The average molecular weight is 425 g/mol. The van der Waals surface area contributed by atoms with E-state index < -0.39 is 17.6 Å². The van der Waals surface area contributed by atoms with Crippen LogP contribution in [-0.2, 0) is 9.59 Å². The fraction of sp³-hybridized carbons (Fsp3) is 0.0476. The van der Waals surface area contributed by atoms with Crippen LogP contribution in [-0.4, -0.2) is 21.5 Å². The van der Waals surface area contributed by atoms with E-state index in [0.717, 1.165) is 5.69 Å². The Bertz CT molecular complexity index is 1120. The van der Waals surface area contributed by atoms with Gasteiger partial charge in [0.05, 0.1) is 28.7 Å². The van der Waals surface area contributed by atoms with E-state index in [-0.39, 0.29) is 10.7 Å². The summed E-state index contributed by atoms with van der Waals surface area (Å²) in [7, 11) is 0. The van der Waals surface area contributed by atoms with Crippen molar-refractivity contribution in [3.05, 3.63) is 82.6 Å². The Kier molecular flexibility index (Phi) is 6.45. The standard InChI is InChI=1S/C21H14Cl2N4O2/c22-15-7-8-19(18(23)10-15)26-21(29)17(11-24)20(28)9-6-14-12-25-27(13-14)16-4-2-1-3-5-16/h1-10,12-13,17H,(H,26,29)/b9-6+. The Morgan fingerprint density at radius 2 is 1.93 bits per heavy atom. The molecule has 1 amide bonds. The van der Waals surface area contributed by atoms with Crippen LogP contribution in [0.25, 0.3) is 11.8 Å². The number of hydrogen-bond acceptors (Lipinski definition) is 4. The topological polar surface area (TPSA) is 87.8 Å². The number of nitrogens with one attached hydrogen (secondary N) is 1. The van der Waals surface area contributed by atoms with Gasteiger partial charge in [0.25, 0.3) is 0 Å². The highest BCUT2D eigenvalue weighted by atomic mass is 35.5. The molecule has 3 aromatic rings. The van der Waals surface area contributed by atoms with Crippen molar-refractivity contribution in [1.29, 1.82) is 5.26 Å². The maximum atomic E-state index is 12.3. The van der Waals surface area contributed by atoms with Gasteiger partial charge in [0.2, 0.25) is 5.91 Å². The zero-order valence-corrected chi connectivity index (χ0v) is 16.4. The van der Waals surface area contributed by atoms with E-state index in [2.05, 4.69) is 10.4 Å². The Balaban J connectivity index is 1.69. The molecule has 8 heteroatoms. The smallest absolute Gasteiger partial charge is 0.249 e. The fourth-order valence-electron chi connectivity index (χ4n) is 2.47. The number of nitriles is 1. The molecule has 29 heavy (non-hydrogen) atoms. The SMILES string of the molecule is N#CC(C(=O)/C=C/c1cnn(-c2ccccc2)c1)C(=O)Nc1ccc(Cl)cc1Cl. The van der Waals surface area contributed by atoms with E-state index in [0.29, 0.717) is 10.6 Å². The largest absolute Gasteiger partial charge is 0.323 e. The van der Waals surface area contributed by atoms with E-state index in [1.165, 1.54) is 30.4 Å². The summed E-state index contributed by atoms with van der Waals surface area (Å²) in [6.07, 6.45) is 5.99. The number of nitrogens with zero attached hydrogens (tertiary/aromatic N) is 3. The zero-order chi connectivity index (χ0) is 20.8. The third-order valence-corrected chi connectivity index (χ3v) is 4.48. The molecule has 0 aliphatic carbocycles. The average Bonchev–Trinajstić information content (AvgIpc) is 3.19. The van der Waals surface area contributed by atoms with Crippen LogP contribution in [0.3, 0.4) is 0 Å². The van der Waals surface area contributed by atoms with Crippen molar-refractivity contribution in [2.75, 3.05) is 5.32 Å². The van der Waals surface area contributed by atoms with Gasteiger partial charge < -0.3 is 5.32 Å². The highest BCUT2D eigenvalue weighted by Gasteiger charge is 2.25. The van der Waals surface area contributed by atoms with Crippen molar-refractivity contribution < 1.29 is 9.59 Å². The van der Waals surface area contributed by atoms with Gasteiger partial charge in [0.15, 0.2) is 11.7 Å². The first-order chi connectivity index (χ1) is 14.0. The molecule has 0 aliphatic heterocycles. The molecule has 3 rings (SSSR count). The maximum absolute atomic E-state index is 12.3. The second-order valence-corrected chi connectivity index (χ2v) is 6.81. The van der Waals surface area contributed by atoms with Crippen LogP contribution < -0.4 is 5.32 Å². The number of allylic oxidation sites excluding steroid dienone is 1. The van der Waals surface area contributed by atoms with E-state index >= 15 is 0 Å². The van der Waals surface area contributed by atoms with Gasteiger partial charge in [0, 0.05) is 16.8 Å². The van der Waals surface area contributed by atoms with Gasteiger partial charge in [-0.15, -0.1) is 0 Å². The number of aromatic nitrogens is 2. The van der Waals surface area contributed by atoms with E-state index in [9.17, 15) is 14.9 Å². The lowest BCUT2D eigenvalue weighted by Crippen LogP contribution is -2.27. The van der Waals surface area contributed by atoms with Crippen LogP contribution >= 0.6 is 23.2 Å². The van der Waals surface area contributed by atoms with E-state index in [1.807, 2.05) is 30.3 Å². The van der Waals surface area contributed by atoms with E-state index in [4.69, 9.17) is 23.2 Å². The number of ketones is 1. The molecule has 0 bridgehead atoms. The minimum absolute atomic E-state index is 0.207. The number of amides is 1. The van der Waals surface area contributed by atoms with Crippen LogP contribution in [0.1, 0.15) is 5.56 Å². The molecule has 0 radical (unpaired) electrons. The van der Waals surface area contributed by atoms with Crippen molar-refractivity contribution >= 4 is 46.7 Å². The summed E-state index contributed by atoms with van der Waals surface area (Å²) in [5.41, 5.74) is 1.79. The lowest BCUT2D eigenvalue weighted by Gasteiger charge is -2.09. The number of carbonyl (C=O) groups excluding carboxylic acids is 2. The maximum Gasteiger partial charge on any atom is 0.249 e. The van der Waals surface area contributed by atoms with Crippen molar-refractivity contribution in [3.63, 3.8) is 0 Å². The molecule has 144 valence electrons. The first kappa shape index (κ1) is 20.3. The number of halogens is 2. The number of rotatable bonds is 6. The summed E-state index contributed by atoms with van der Waals surface area (Å²) in [6.45, 7) is 0. The molecule has 0 saturated carbocycles. The first-order valence-corrected chi connectivity index (χ1v) is 9.21. The molecule has 1 atom stereocenters. The molecule has 0 fully saturated rings. The van der Waals surface area contributed by atoms with Crippen LogP contribution in [0, 0.1) is 17.2 Å². The number of para-hydroxylation sites is 1. The predicted molar refractivity (Wildman–Crippen MR) is 112 cm³/mol. The molecule has 6 nitrogen and oxygen atoms in total. The fourth-order valence-corrected chi connectivity index (χ4v) is 2.92. The molecule has 1 aromatic heterocycles. The summed E-state index contributed by atoms with van der Waals surface area (Å²) < 4.78 is 1.65. The van der Waals surface area contributed by atoms with Gasteiger partial charge >= 0.3 is 0 Å². The number of carbonyl (C=O) groups is 2. The normalized spacial score (nSPS) is 11.8. The van der Waals surface area contributed by atoms with Gasteiger partial charge in [-0.2, -0.15) is 10.4 Å². The van der Waals surface area contributed by atoms with Crippen LogP contribution in [0.5, 0.6) is 0 Å². The summed E-state index contributed by atoms with van der Waals surface area (Å²) in [4.78, 5) is 24.7. The molecule has 1 N–H and O–H groups in total. The summed E-state index contributed by atoms with van der Waals surface area (Å²) in [5.74, 6) is -2.93. The van der Waals surface area contributed by atoms with Gasteiger partial charge in [-0.25, -0.2) is 4.68 Å². The number of benzene rings is 2. The molecule has 1 unspecified atom stereocenters. The minimum Gasteiger partial charge on any atom is -0.323 e. The van der Waals surface area contributed by atoms with Crippen molar-refractivity contribution in [2.24, 2.45) is 5.92 Å². The molecule has 1 heterocycles. The monoisotopic (exact) mass is 424 g/mol. The van der Waals surface area contributed by atoms with Gasteiger partial charge in [-0.3, -0.25) is 9.59 Å². The Morgan fingerprint density at radius 1 is 1.17 bits per heavy atom. The summed E-state index contributed by atoms with van der Waals surface area (Å²) in [6, 6.07) is 15.7. The lowest BCUT2D eigenvalue weighted by molar-refractivity contribution is -0.126. The van der Waals surface area contributed by atoms with Crippen LogP contribution in [0.15, 0.2) is 67.0 Å². The number of hydrogen-bond donors (Lipinski definition) is 1. The van der Waals surface area contributed by atoms with Crippen LogP contribution in [0.2, 0.25) is 10.0 Å². The molecular formula is C21H14Cl2N4O2. The van der Waals surface area contributed by atoms with Gasteiger partial charge in [0.1, 0.15) is 0 Å². The number of anilines is 1. The third kappa shape index (κ3) is 5.11. The Hall–Kier alpha value is -3.40. The Morgan fingerprint density at radius 3 is 2.62 bits per heavy atom. The van der Waals surface area contributed by atoms with Crippen molar-refractivity contribution in [2.45, 2.75) is 0 Å². The second kappa shape index (κ2) is 9.20. The molecule has 0 saturated heterocycles. The molecular weight excluding hydrogens is 411 g/mol. The second-order valence-electron chi connectivity index (χ2n) is 5.97. The van der Waals surface area contributed by atoms with E-state index in [1.54, 1.807) is 23.1 Å². The lowest BCUT2D eigenvalue weighted by atomic mass is 10.0. The quantitative estimate of drug-likeness (QED) is 0.464. The first-order valence-electron chi connectivity index (χ1n) is 8.45. The highest BCUT2D eigenvalue weighted by molar-refractivity contribution is 6.36.